The normalized spacial score (nSPS) is 16.1. The monoisotopic (exact) mass is 336 g/mol. The van der Waals surface area contributed by atoms with E-state index in [0.717, 1.165) is 10.2 Å². The summed E-state index contributed by atoms with van der Waals surface area (Å²) in [4.78, 5) is 4.16. The fourth-order valence-corrected chi connectivity index (χ4v) is 2.74. The largest absolute Gasteiger partial charge is 0.375 e. The molecule has 4 heteroatoms. The first-order valence-corrected chi connectivity index (χ1v) is 7.53. The van der Waals surface area contributed by atoms with Crippen molar-refractivity contribution in [1.29, 1.82) is 0 Å². The molecule has 0 spiro atoms. The molecule has 1 heterocycles. The molecule has 19 heavy (non-hydrogen) atoms. The van der Waals surface area contributed by atoms with Gasteiger partial charge in [0, 0.05) is 10.7 Å². The lowest BCUT2D eigenvalue weighted by molar-refractivity contribution is 0.678. The summed E-state index contributed by atoms with van der Waals surface area (Å²) in [6, 6.07) is 12.8. The molecule has 1 aliphatic rings. The summed E-state index contributed by atoms with van der Waals surface area (Å²) in [5.41, 5.74) is 2.19. The molecule has 1 saturated carbocycles. The number of rotatable bonds is 4. The summed E-state index contributed by atoms with van der Waals surface area (Å²) in [5.74, 6) is 0.692. The van der Waals surface area contributed by atoms with Gasteiger partial charge in [0.15, 0.2) is 5.15 Å². The Hall–Kier alpha value is -1.06. The smallest absolute Gasteiger partial charge is 0.152 e. The molecule has 1 aromatic carbocycles. The van der Waals surface area contributed by atoms with Crippen molar-refractivity contribution < 1.29 is 0 Å². The van der Waals surface area contributed by atoms with E-state index in [2.05, 4.69) is 50.5 Å². The molecule has 3 rings (SSSR count). The van der Waals surface area contributed by atoms with Gasteiger partial charge in [0.25, 0.3) is 0 Å². The number of anilines is 1. The fraction of sp³-hybridized carbons (Fsp3) is 0.267. The molecule has 0 saturated heterocycles. The van der Waals surface area contributed by atoms with Crippen LogP contribution in [0.5, 0.6) is 0 Å². The molecule has 0 amide bonds. The lowest BCUT2D eigenvalue weighted by Gasteiger charge is -2.20. The molecule has 0 aliphatic heterocycles. The van der Waals surface area contributed by atoms with Gasteiger partial charge in [0.2, 0.25) is 0 Å². The number of pyridine rings is 1. The van der Waals surface area contributed by atoms with Crippen LogP contribution in [0, 0.1) is 5.92 Å². The standard InChI is InChI=1S/C15H14BrClN2/c16-12-8-13(15(17)18-9-12)19-14(11-6-7-11)10-4-2-1-3-5-10/h1-5,8-9,11,14,19H,6-7H2. The highest BCUT2D eigenvalue weighted by Gasteiger charge is 2.32. The summed E-state index contributed by atoms with van der Waals surface area (Å²) in [7, 11) is 0. The summed E-state index contributed by atoms with van der Waals surface area (Å²) >= 11 is 9.59. The Balaban J connectivity index is 1.88. The second-order valence-electron chi connectivity index (χ2n) is 4.86. The number of hydrogen-bond donors (Lipinski definition) is 1. The Morgan fingerprint density at radius 3 is 2.68 bits per heavy atom. The number of hydrogen-bond acceptors (Lipinski definition) is 2. The average molecular weight is 338 g/mol. The summed E-state index contributed by atoms with van der Waals surface area (Å²) in [5, 5.41) is 4.06. The van der Waals surface area contributed by atoms with E-state index in [1.165, 1.54) is 18.4 Å². The molecule has 98 valence electrons. The predicted molar refractivity (Wildman–Crippen MR) is 82.5 cm³/mol. The number of benzene rings is 1. The van der Waals surface area contributed by atoms with Crippen LogP contribution in [0.4, 0.5) is 5.69 Å². The fourth-order valence-electron chi connectivity index (χ4n) is 2.25. The van der Waals surface area contributed by atoms with Gasteiger partial charge in [-0.1, -0.05) is 41.9 Å². The van der Waals surface area contributed by atoms with Gasteiger partial charge in [0.1, 0.15) is 0 Å². The van der Waals surface area contributed by atoms with Crippen LogP contribution in [0.25, 0.3) is 0 Å². The van der Waals surface area contributed by atoms with Crippen molar-refractivity contribution in [2.75, 3.05) is 5.32 Å². The average Bonchev–Trinajstić information content (AvgIpc) is 3.25. The van der Waals surface area contributed by atoms with E-state index < -0.39 is 0 Å². The van der Waals surface area contributed by atoms with E-state index in [0.29, 0.717) is 17.1 Å². The van der Waals surface area contributed by atoms with E-state index in [1.54, 1.807) is 6.20 Å². The second-order valence-corrected chi connectivity index (χ2v) is 6.14. The van der Waals surface area contributed by atoms with Gasteiger partial charge in [-0.05, 0) is 46.3 Å². The van der Waals surface area contributed by atoms with Crippen LogP contribution in [0.15, 0.2) is 47.1 Å². The van der Waals surface area contributed by atoms with Crippen LogP contribution in [0.1, 0.15) is 24.4 Å². The van der Waals surface area contributed by atoms with Gasteiger partial charge in [0.05, 0.1) is 11.7 Å². The zero-order valence-corrected chi connectivity index (χ0v) is 12.7. The molecule has 1 aliphatic carbocycles. The van der Waals surface area contributed by atoms with Crippen molar-refractivity contribution in [3.63, 3.8) is 0 Å². The highest BCUT2D eigenvalue weighted by atomic mass is 79.9. The van der Waals surface area contributed by atoms with Crippen LogP contribution < -0.4 is 5.32 Å². The minimum absolute atomic E-state index is 0.315. The molecule has 1 atom stereocenters. The number of aromatic nitrogens is 1. The molecular weight excluding hydrogens is 324 g/mol. The number of nitrogens with zero attached hydrogens (tertiary/aromatic N) is 1. The van der Waals surface area contributed by atoms with Gasteiger partial charge in [-0.2, -0.15) is 0 Å². The molecule has 1 N–H and O–H groups in total. The Morgan fingerprint density at radius 1 is 1.26 bits per heavy atom. The minimum Gasteiger partial charge on any atom is -0.375 e. The van der Waals surface area contributed by atoms with Crippen molar-refractivity contribution >= 4 is 33.2 Å². The molecule has 1 aromatic heterocycles. The third kappa shape index (κ3) is 3.10. The molecule has 0 radical (unpaired) electrons. The SMILES string of the molecule is Clc1ncc(Br)cc1NC(c1ccccc1)C1CC1. The van der Waals surface area contributed by atoms with Gasteiger partial charge < -0.3 is 5.32 Å². The van der Waals surface area contributed by atoms with Crippen molar-refractivity contribution in [2.24, 2.45) is 5.92 Å². The molecule has 2 nitrogen and oxygen atoms in total. The van der Waals surface area contributed by atoms with E-state index in [4.69, 9.17) is 11.6 Å². The van der Waals surface area contributed by atoms with Crippen molar-refractivity contribution in [3.05, 3.63) is 57.8 Å². The Kier molecular flexibility index (Phi) is 3.76. The van der Waals surface area contributed by atoms with Gasteiger partial charge >= 0.3 is 0 Å². The first-order valence-electron chi connectivity index (χ1n) is 6.36. The maximum atomic E-state index is 6.16. The van der Waals surface area contributed by atoms with Gasteiger partial charge in [-0.25, -0.2) is 4.98 Å². The van der Waals surface area contributed by atoms with Crippen LogP contribution in [0.2, 0.25) is 5.15 Å². The lowest BCUT2D eigenvalue weighted by Crippen LogP contribution is -2.13. The molecule has 1 unspecified atom stereocenters. The lowest BCUT2D eigenvalue weighted by atomic mass is 10.0. The number of halogens is 2. The van der Waals surface area contributed by atoms with Crippen LogP contribution in [0.3, 0.4) is 0 Å². The quantitative estimate of drug-likeness (QED) is 0.789. The summed E-state index contributed by atoms with van der Waals surface area (Å²) < 4.78 is 0.932. The predicted octanol–water partition coefficient (Wildman–Crippen LogP) is 5.06. The van der Waals surface area contributed by atoms with Crippen molar-refractivity contribution in [3.8, 4) is 0 Å². The highest BCUT2D eigenvalue weighted by molar-refractivity contribution is 9.10. The van der Waals surface area contributed by atoms with Crippen molar-refractivity contribution in [1.82, 2.24) is 4.98 Å². The second kappa shape index (κ2) is 5.51. The van der Waals surface area contributed by atoms with Crippen LogP contribution >= 0.6 is 27.5 Å². The summed E-state index contributed by atoms with van der Waals surface area (Å²) in [6.45, 7) is 0. The third-order valence-electron chi connectivity index (χ3n) is 3.37. The molecule has 1 fully saturated rings. The zero-order chi connectivity index (χ0) is 13.2. The number of nitrogens with one attached hydrogen (secondary N) is 1. The van der Waals surface area contributed by atoms with E-state index in [1.807, 2.05) is 12.1 Å². The van der Waals surface area contributed by atoms with Crippen LogP contribution in [-0.4, -0.2) is 4.98 Å². The molecule has 0 bridgehead atoms. The maximum absolute atomic E-state index is 6.16. The zero-order valence-electron chi connectivity index (χ0n) is 10.3. The van der Waals surface area contributed by atoms with E-state index >= 15 is 0 Å². The van der Waals surface area contributed by atoms with Gasteiger partial charge in [-0.15, -0.1) is 0 Å². The van der Waals surface area contributed by atoms with E-state index in [-0.39, 0.29) is 0 Å². The highest BCUT2D eigenvalue weighted by Crippen LogP contribution is 2.43. The molecular formula is C15H14BrClN2. The maximum Gasteiger partial charge on any atom is 0.152 e. The Bertz CT molecular complexity index is 570. The van der Waals surface area contributed by atoms with Crippen LogP contribution in [-0.2, 0) is 0 Å². The third-order valence-corrected chi connectivity index (χ3v) is 4.10. The first-order chi connectivity index (χ1) is 9.24. The topological polar surface area (TPSA) is 24.9 Å². The minimum atomic E-state index is 0.315. The first kappa shape index (κ1) is 12.9. The Morgan fingerprint density at radius 2 is 2.00 bits per heavy atom. The Labute approximate surface area is 126 Å². The van der Waals surface area contributed by atoms with E-state index in [9.17, 15) is 0 Å². The summed E-state index contributed by atoms with van der Waals surface area (Å²) in [6.07, 6.45) is 4.25. The van der Waals surface area contributed by atoms with Crippen molar-refractivity contribution in [2.45, 2.75) is 18.9 Å². The molecule has 2 aromatic rings. The van der Waals surface area contributed by atoms with Gasteiger partial charge in [-0.3, -0.25) is 0 Å².